The first kappa shape index (κ1) is 15.8. The molecule has 0 aliphatic heterocycles. The van der Waals surface area contributed by atoms with E-state index < -0.39 is 0 Å². The van der Waals surface area contributed by atoms with Crippen LogP contribution in [0.1, 0.15) is 21.9 Å². The van der Waals surface area contributed by atoms with Crippen LogP contribution in [0.3, 0.4) is 0 Å². The molecule has 1 aromatic heterocycles. The Balaban J connectivity index is 0.00000256. The molecule has 6 nitrogen and oxygen atoms in total. The van der Waals surface area contributed by atoms with E-state index in [9.17, 15) is 9.59 Å². The summed E-state index contributed by atoms with van der Waals surface area (Å²) in [6.07, 6.45) is 0.149. The van der Waals surface area contributed by atoms with Crippen molar-refractivity contribution in [2.45, 2.75) is 13.0 Å². The molecule has 0 aliphatic carbocycles. The highest BCUT2D eigenvalue weighted by atomic mass is 35.5. The van der Waals surface area contributed by atoms with Gasteiger partial charge in [-0.2, -0.15) is 0 Å². The van der Waals surface area contributed by atoms with Crippen molar-refractivity contribution in [3.8, 4) is 0 Å². The van der Waals surface area contributed by atoms with Crippen LogP contribution < -0.4 is 11.1 Å². The Morgan fingerprint density at radius 1 is 1.59 bits per heavy atom. The molecule has 1 heterocycles. The van der Waals surface area contributed by atoms with Crippen molar-refractivity contribution in [3.63, 3.8) is 0 Å². The van der Waals surface area contributed by atoms with Gasteiger partial charge in [0.2, 0.25) is 0 Å². The van der Waals surface area contributed by atoms with E-state index in [-0.39, 0.29) is 37.2 Å². The van der Waals surface area contributed by atoms with Gasteiger partial charge in [-0.05, 0) is 0 Å². The number of rotatable bonds is 5. The van der Waals surface area contributed by atoms with Crippen molar-refractivity contribution in [3.05, 3.63) is 16.1 Å². The first-order valence-electron chi connectivity index (χ1n) is 4.67. The van der Waals surface area contributed by atoms with E-state index in [0.717, 1.165) is 0 Å². The number of halogens is 1. The van der Waals surface area contributed by atoms with Crippen LogP contribution in [0.15, 0.2) is 5.38 Å². The molecule has 0 aromatic carbocycles. The lowest BCUT2D eigenvalue weighted by molar-refractivity contribution is -0.140. The zero-order valence-corrected chi connectivity index (χ0v) is 10.9. The third kappa shape index (κ3) is 5.12. The Kier molecular flexibility index (Phi) is 7.44. The first-order valence-corrected chi connectivity index (χ1v) is 5.54. The van der Waals surface area contributed by atoms with Crippen LogP contribution >= 0.6 is 23.7 Å². The molecule has 0 bridgehead atoms. The molecule has 0 unspecified atom stereocenters. The number of hydrogen-bond acceptors (Lipinski definition) is 6. The molecule has 8 heteroatoms. The number of nitrogens with one attached hydrogen (secondary N) is 1. The lowest BCUT2D eigenvalue weighted by Gasteiger charge is -2.01. The second-order valence-corrected chi connectivity index (χ2v) is 3.86. The lowest BCUT2D eigenvalue weighted by Crippen LogP contribution is -2.26. The quantitative estimate of drug-likeness (QED) is 0.757. The van der Waals surface area contributed by atoms with Gasteiger partial charge in [0.25, 0.3) is 5.91 Å². The average molecular weight is 280 g/mol. The number of carbonyl (C=O) groups excluding carboxylic acids is 2. The number of nitrogens with two attached hydrogens (primary N) is 1. The monoisotopic (exact) mass is 279 g/mol. The van der Waals surface area contributed by atoms with Gasteiger partial charge in [-0.15, -0.1) is 23.7 Å². The molecule has 1 rings (SSSR count). The predicted molar refractivity (Wildman–Crippen MR) is 66.2 cm³/mol. The molecule has 0 saturated heterocycles. The molecule has 1 aromatic rings. The third-order valence-corrected chi connectivity index (χ3v) is 2.67. The van der Waals surface area contributed by atoms with E-state index in [1.165, 1.54) is 18.4 Å². The van der Waals surface area contributed by atoms with Crippen molar-refractivity contribution >= 4 is 35.6 Å². The summed E-state index contributed by atoms with van der Waals surface area (Å²) in [6.45, 7) is 0.557. The minimum atomic E-state index is -0.360. The van der Waals surface area contributed by atoms with Crippen molar-refractivity contribution in [1.82, 2.24) is 10.3 Å². The number of thiazole rings is 1. The van der Waals surface area contributed by atoms with Crippen LogP contribution in [-0.2, 0) is 16.1 Å². The fraction of sp³-hybridized carbons (Fsp3) is 0.444. The highest BCUT2D eigenvalue weighted by molar-refractivity contribution is 7.09. The highest BCUT2D eigenvalue weighted by Gasteiger charge is 2.10. The Bertz CT molecular complexity index is 383. The fourth-order valence-electron chi connectivity index (χ4n) is 0.980. The van der Waals surface area contributed by atoms with Crippen LogP contribution in [0, 0.1) is 0 Å². The SMILES string of the molecule is COC(=O)CCNC(=O)c1csc(CN)n1.Cl. The fourth-order valence-corrected chi connectivity index (χ4v) is 1.63. The maximum atomic E-state index is 11.5. The summed E-state index contributed by atoms with van der Waals surface area (Å²) in [4.78, 5) is 26.3. The van der Waals surface area contributed by atoms with E-state index in [1.807, 2.05) is 0 Å². The summed E-state index contributed by atoms with van der Waals surface area (Å²) in [7, 11) is 1.30. The Morgan fingerprint density at radius 3 is 2.82 bits per heavy atom. The molecule has 96 valence electrons. The van der Waals surface area contributed by atoms with Crippen LogP contribution in [0.5, 0.6) is 0 Å². The molecular weight excluding hydrogens is 266 g/mol. The van der Waals surface area contributed by atoms with Crippen LogP contribution in [0.4, 0.5) is 0 Å². The topological polar surface area (TPSA) is 94.3 Å². The van der Waals surface area contributed by atoms with Crippen LogP contribution in [-0.4, -0.2) is 30.5 Å². The summed E-state index contributed by atoms with van der Waals surface area (Å²) < 4.78 is 4.44. The van der Waals surface area contributed by atoms with E-state index in [2.05, 4.69) is 15.0 Å². The van der Waals surface area contributed by atoms with Gasteiger partial charge < -0.3 is 15.8 Å². The number of amides is 1. The Labute approximate surface area is 109 Å². The van der Waals surface area contributed by atoms with Gasteiger partial charge >= 0.3 is 5.97 Å². The maximum Gasteiger partial charge on any atom is 0.307 e. The number of carbonyl (C=O) groups is 2. The van der Waals surface area contributed by atoms with Gasteiger partial charge in [-0.3, -0.25) is 9.59 Å². The summed E-state index contributed by atoms with van der Waals surface area (Å²) >= 11 is 1.33. The molecule has 0 radical (unpaired) electrons. The van der Waals surface area contributed by atoms with Gasteiger partial charge in [0.15, 0.2) is 0 Å². The number of nitrogens with zero attached hydrogens (tertiary/aromatic N) is 1. The van der Waals surface area contributed by atoms with Crippen LogP contribution in [0.2, 0.25) is 0 Å². The number of esters is 1. The molecule has 0 fully saturated rings. The second-order valence-electron chi connectivity index (χ2n) is 2.91. The van der Waals surface area contributed by atoms with Crippen molar-refractivity contribution in [2.24, 2.45) is 5.73 Å². The molecule has 3 N–H and O–H groups in total. The molecule has 1 amide bonds. The summed E-state index contributed by atoms with van der Waals surface area (Å²) in [5, 5.41) is 4.91. The standard InChI is InChI=1S/C9H13N3O3S.ClH/c1-15-8(13)2-3-11-9(14)6-5-16-7(4-10)12-6;/h5H,2-4,10H2,1H3,(H,11,14);1H. The lowest BCUT2D eigenvalue weighted by atomic mass is 10.4. The largest absolute Gasteiger partial charge is 0.469 e. The predicted octanol–water partition coefficient (Wildman–Crippen LogP) is 0.317. The maximum absolute atomic E-state index is 11.5. The second kappa shape index (κ2) is 7.99. The van der Waals surface area contributed by atoms with E-state index >= 15 is 0 Å². The highest BCUT2D eigenvalue weighted by Crippen LogP contribution is 2.08. The van der Waals surface area contributed by atoms with Crippen molar-refractivity contribution < 1.29 is 14.3 Å². The minimum Gasteiger partial charge on any atom is -0.469 e. The number of aromatic nitrogens is 1. The van der Waals surface area contributed by atoms with Crippen molar-refractivity contribution in [2.75, 3.05) is 13.7 Å². The summed E-state index contributed by atoms with van der Waals surface area (Å²) in [6, 6.07) is 0. The summed E-state index contributed by atoms with van der Waals surface area (Å²) in [5.41, 5.74) is 5.71. The van der Waals surface area contributed by atoms with Gasteiger partial charge in [-0.25, -0.2) is 4.98 Å². The molecule has 0 aliphatic rings. The minimum absolute atomic E-state index is 0. The molecule has 0 saturated carbocycles. The van der Waals surface area contributed by atoms with Gasteiger partial charge in [0.1, 0.15) is 10.7 Å². The first-order chi connectivity index (χ1) is 7.67. The van der Waals surface area contributed by atoms with E-state index in [0.29, 0.717) is 17.2 Å². The zero-order chi connectivity index (χ0) is 12.0. The third-order valence-electron chi connectivity index (χ3n) is 1.80. The van der Waals surface area contributed by atoms with E-state index in [1.54, 1.807) is 5.38 Å². The zero-order valence-electron chi connectivity index (χ0n) is 9.26. The molecule has 0 atom stereocenters. The van der Waals surface area contributed by atoms with Crippen molar-refractivity contribution in [1.29, 1.82) is 0 Å². The number of ether oxygens (including phenoxy) is 1. The number of methoxy groups -OCH3 is 1. The van der Waals surface area contributed by atoms with Crippen LogP contribution in [0.25, 0.3) is 0 Å². The average Bonchev–Trinajstić information content (AvgIpc) is 2.77. The normalized spacial score (nSPS) is 9.29. The molecule has 17 heavy (non-hydrogen) atoms. The molecule has 0 spiro atoms. The smallest absolute Gasteiger partial charge is 0.307 e. The Morgan fingerprint density at radius 2 is 2.29 bits per heavy atom. The van der Waals surface area contributed by atoms with E-state index in [4.69, 9.17) is 5.73 Å². The summed E-state index contributed by atoms with van der Waals surface area (Å²) in [5.74, 6) is -0.666. The van der Waals surface area contributed by atoms with Gasteiger partial charge in [0.05, 0.1) is 13.5 Å². The number of hydrogen-bond donors (Lipinski definition) is 2. The Hall–Kier alpha value is -1.18. The van der Waals surface area contributed by atoms with Gasteiger partial charge in [-0.1, -0.05) is 0 Å². The molecular formula is C9H14ClN3O3S. The van der Waals surface area contributed by atoms with Gasteiger partial charge in [0, 0.05) is 18.5 Å².